The van der Waals surface area contributed by atoms with Gasteiger partial charge in [-0.1, -0.05) is 30.4 Å². The van der Waals surface area contributed by atoms with Crippen molar-refractivity contribution in [2.45, 2.75) is 18.9 Å². The Hall–Kier alpha value is -1.81. The highest BCUT2D eigenvalue weighted by Gasteiger charge is 2.45. The fourth-order valence-electron chi connectivity index (χ4n) is 2.09. The van der Waals surface area contributed by atoms with E-state index < -0.39 is 11.6 Å². The minimum absolute atomic E-state index is 0.275. The monoisotopic (exact) mass is 248 g/mol. The van der Waals surface area contributed by atoms with Crippen molar-refractivity contribution < 1.29 is 19.4 Å². The maximum atomic E-state index is 11.6. The van der Waals surface area contributed by atoms with E-state index in [9.17, 15) is 9.90 Å². The van der Waals surface area contributed by atoms with E-state index in [4.69, 9.17) is 9.47 Å². The molecule has 0 aliphatic carbocycles. The van der Waals surface area contributed by atoms with Gasteiger partial charge in [-0.15, -0.1) is 0 Å². The van der Waals surface area contributed by atoms with Crippen LogP contribution < -0.4 is 4.74 Å². The zero-order valence-corrected chi connectivity index (χ0v) is 10.3. The Balaban J connectivity index is 2.39. The Labute approximate surface area is 106 Å². The maximum absolute atomic E-state index is 11.6. The molecule has 0 saturated heterocycles. The first-order valence-electron chi connectivity index (χ1n) is 5.91. The van der Waals surface area contributed by atoms with Crippen molar-refractivity contribution in [1.29, 1.82) is 0 Å². The minimum atomic E-state index is -1.30. The van der Waals surface area contributed by atoms with Crippen LogP contribution in [0, 0.1) is 0 Å². The molecule has 0 spiro atoms. The number of benzene rings is 1. The van der Waals surface area contributed by atoms with Crippen LogP contribution in [0.5, 0.6) is 5.75 Å². The molecule has 0 amide bonds. The van der Waals surface area contributed by atoms with Crippen molar-refractivity contribution in [3.8, 4) is 5.75 Å². The predicted molar refractivity (Wildman–Crippen MR) is 66.6 cm³/mol. The molecule has 1 aromatic rings. The van der Waals surface area contributed by atoms with Crippen LogP contribution in [0.25, 0.3) is 0 Å². The summed E-state index contributed by atoms with van der Waals surface area (Å²) in [6, 6.07) is 7.14. The zero-order chi connectivity index (χ0) is 13.0. The van der Waals surface area contributed by atoms with Gasteiger partial charge in [-0.3, -0.25) is 0 Å². The number of rotatable bonds is 4. The van der Waals surface area contributed by atoms with Crippen LogP contribution in [0.2, 0.25) is 0 Å². The zero-order valence-electron chi connectivity index (χ0n) is 10.3. The fourth-order valence-corrected chi connectivity index (χ4v) is 2.09. The number of aliphatic carboxylic acids is 1. The second-order valence-electron chi connectivity index (χ2n) is 4.11. The Morgan fingerprint density at radius 1 is 1.56 bits per heavy atom. The van der Waals surface area contributed by atoms with Crippen LogP contribution in [0.15, 0.2) is 36.4 Å². The molecule has 1 N–H and O–H groups in total. The summed E-state index contributed by atoms with van der Waals surface area (Å²) >= 11 is 0. The Morgan fingerprint density at radius 2 is 2.33 bits per heavy atom. The lowest BCUT2D eigenvalue weighted by Gasteiger charge is -2.34. The van der Waals surface area contributed by atoms with Crippen molar-refractivity contribution in [1.82, 2.24) is 0 Å². The summed E-state index contributed by atoms with van der Waals surface area (Å²) in [6.07, 6.45) is 3.94. The Bertz CT molecular complexity index is 467. The molecule has 0 bridgehead atoms. The van der Waals surface area contributed by atoms with Gasteiger partial charge in [0, 0.05) is 12.0 Å². The summed E-state index contributed by atoms with van der Waals surface area (Å²) in [6.45, 7) is 2.49. The molecule has 18 heavy (non-hydrogen) atoms. The summed E-state index contributed by atoms with van der Waals surface area (Å²) in [7, 11) is 0. The molecule has 0 saturated carbocycles. The van der Waals surface area contributed by atoms with Gasteiger partial charge in [0.05, 0.1) is 13.2 Å². The number of carboxylic acid groups (broad SMARTS) is 1. The third-order valence-electron chi connectivity index (χ3n) is 3.04. The van der Waals surface area contributed by atoms with Crippen molar-refractivity contribution in [2.24, 2.45) is 0 Å². The number of fused-ring (bicyclic) bond motifs is 1. The maximum Gasteiger partial charge on any atom is 0.340 e. The number of para-hydroxylation sites is 1. The van der Waals surface area contributed by atoms with E-state index in [0.29, 0.717) is 24.3 Å². The van der Waals surface area contributed by atoms with E-state index in [2.05, 4.69) is 0 Å². The molecule has 2 rings (SSSR count). The van der Waals surface area contributed by atoms with Crippen molar-refractivity contribution in [3.63, 3.8) is 0 Å². The van der Waals surface area contributed by atoms with Crippen LogP contribution in [-0.2, 0) is 15.1 Å². The number of carboxylic acids is 1. The number of hydrogen-bond donors (Lipinski definition) is 1. The molecule has 1 heterocycles. The van der Waals surface area contributed by atoms with Gasteiger partial charge < -0.3 is 14.6 Å². The third-order valence-corrected chi connectivity index (χ3v) is 3.04. The first-order valence-corrected chi connectivity index (χ1v) is 5.91. The number of allylic oxidation sites excluding steroid dienone is 1. The lowest BCUT2D eigenvalue weighted by molar-refractivity contribution is -0.170. The van der Waals surface area contributed by atoms with Gasteiger partial charge >= 0.3 is 5.97 Å². The molecule has 4 nitrogen and oxygen atoms in total. The highest BCUT2D eigenvalue weighted by molar-refractivity contribution is 5.81. The first kappa shape index (κ1) is 12.6. The topological polar surface area (TPSA) is 55.8 Å². The standard InChI is InChI=1S/C14H16O4/c1-2-3-9-18-14(13(15)16)8-10-17-12-7-5-4-6-11(12)14/h2-7H,8-10H2,1H3,(H,15,16). The molecule has 0 radical (unpaired) electrons. The molecule has 96 valence electrons. The molecule has 0 aromatic heterocycles. The molecule has 4 heteroatoms. The summed E-state index contributed by atoms with van der Waals surface area (Å²) in [5.74, 6) is -0.380. The highest BCUT2D eigenvalue weighted by atomic mass is 16.5. The Kier molecular flexibility index (Phi) is 3.67. The second-order valence-corrected chi connectivity index (χ2v) is 4.11. The van der Waals surface area contributed by atoms with Crippen LogP contribution in [-0.4, -0.2) is 24.3 Å². The van der Waals surface area contributed by atoms with Gasteiger partial charge in [-0.2, -0.15) is 0 Å². The molecule has 1 aromatic carbocycles. The molecule has 0 fully saturated rings. The van der Waals surface area contributed by atoms with E-state index in [1.165, 1.54) is 0 Å². The predicted octanol–water partition coefficient (Wildman–Crippen LogP) is 2.34. The molecule has 1 unspecified atom stereocenters. The fraction of sp³-hybridized carbons (Fsp3) is 0.357. The van der Waals surface area contributed by atoms with Gasteiger partial charge in [-0.05, 0) is 13.0 Å². The summed E-state index contributed by atoms with van der Waals surface area (Å²) < 4.78 is 11.1. The molecule has 1 aliphatic rings. The average molecular weight is 248 g/mol. The van der Waals surface area contributed by atoms with Crippen molar-refractivity contribution in [3.05, 3.63) is 42.0 Å². The van der Waals surface area contributed by atoms with Gasteiger partial charge in [-0.25, -0.2) is 4.79 Å². The second kappa shape index (κ2) is 5.23. The highest BCUT2D eigenvalue weighted by Crippen LogP contribution is 2.39. The molecular weight excluding hydrogens is 232 g/mol. The summed E-state index contributed by atoms with van der Waals surface area (Å²) in [5, 5.41) is 9.53. The average Bonchev–Trinajstić information content (AvgIpc) is 2.39. The summed E-state index contributed by atoms with van der Waals surface area (Å²) in [4.78, 5) is 11.6. The molecular formula is C14H16O4. The lowest BCUT2D eigenvalue weighted by Crippen LogP contribution is -2.43. The van der Waals surface area contributed by atoms with Gasteiger partial charge in [0.25, 0.3) is 0 Å². The number of carbonyl (C=O) groups is 1. The molecule has 1 atom stereocenters. The third kappa shape index (κ3) is 2.11. The van der Waals surface area contributed by atoms with E-state index in [1.54, 1.807) is 24.3 Å². The van der Waals surface area contributed by atoms with Gasteiger partial charge in [0.1, 0.15) is 5.75 Å². The lowest BCUT2D eigenvalue weighted by atomic mass is 9.88. The van der Waals surface area contributed by atoms with E-state index >= 15 is 0 Å². The SMILES string of the molecule is CC=CCOC1(C(=O)O)CCOc2ccccc21. The van der Waals surface area contributed by atoms with Gasteiger partial charge in [0.2, 0.25) is 0 Å². The molecule has 1 aliphatic heterocycles. The van der Waals surface area contributed by atoms with Crippen LogP contribution >= 0.6 is 0 Å². The van der Waals surface area contributed by atoms with Gasteiger partial charge in [0.15, 0.2) is 5.60 Å². The van der Waals surface area contributed by atoms with Crippen LogP contribution in [0.4, 0.5) is 0 Å². The number of ether oxygens (including phenoxy) is 2. The minimum Gasteiger partial charge on any atom is -0.493 e. The van der Waals surface area contributed by atoms with E-state index in [1.807, 2.05) is 19.1 Å². The largest absolute Gasteiger partial charge is 0.493 e. The van der Waals surface area contributed by atoms with Crippen LogP contribution in [0.1, 0.15) is 18.9 Å². The first-order chi connectivity index (χ1) is 8.70. The number of hydrogen-bond acceptors (Lipinski definition) is 3. The normalized spacial score (nSPS) is 22.5. The van der Waals surface area contributed by atoms with E-state index in [-0.39, 0.29) is 6.61 Å². The quantitative estimate of drug-likeness (QED) is 0.831. The smallest absolute Gasteiger partial charge is 0.340 e. The Morgan fingerprint density at radius 3 is 3.06 bits per heavy atom. The van der Waals surface area contributed by atoms with Crippen molar-refractivity contribution in [2.75, 3.05) is 13.2 Å². The van der Waals surface area contributed by atoms with Crippen LogP contribution in [0.3, 0.4) is 0 Å². The van der Waals surface area contributed by atoms with Crippen molar-refractivity contribution >= 4 is 5.97 Å². The van der Waals surface area contributed by atoms with E-state index in [0.717, 1.165) is 0 Å². The summed E-state index contributed by atoms with van der Waals surface area (Å²) in [5.41, 5.74) is -0.706.